The molecule has 170 valence electrons. The number of hydrogen-bond acceptors (Lipinski definition) is 5. The fraction of sp³-hybridized carbons (Fsp3) is 0.375. The van der Waals surface area contributed by atoms with E-state index in [1.165, 1.54) is 12.1 Å². The van der Waals surface area contributed by atoms with Crippen molar-refractivity contribution in [3.8, 4) is 0 Å². The molecule has 3 aliphatic rings. The zero-order valence-corrected chi connectivity index (χ0v) is 17.7. The molecule has 3 aromatic rings. The minimum atomic E-state index is -1.02. The van der Waals surface area contributed by atoms with Gasteiger partial charge in [-0.25, -0.2) is 8.78 Å². The number of rotatable bonds is 2. The summed E-state index contributed by atoms with van der Waals surface area (Å²) in [5, 5.41) is 4.60. The van der Waals surface area contributed by atoms with Crippen LogP contribution < -0.4 is 0 Å². The van der Waals surface area contributed by atoms with E-state index < -0.39 is 29.5 Å². The van der Waals surface area contributed by atoms with Crippen LogP contribution in [0.25, 0.3) is 10.9 Å². The van der Waals surface area contributed by atoms with Crippen LogP contribution in [0.1, 0.15) is 47.8 Å². The molecule has 3 fully saturated rings. The second-order valence-electron chi connectivity index (χ2n) is 8.90. The summed E-state index contributed by atoms with van der Waals surface area (Å²) in [6.45, 7) is 0.666. The summed E-state index contributed by atoms with van der Waals surface area (Å²) in [4.78, 5) is 29.8. The lowest BCUT2D eigenvalue weighted by molar-refractivity contribution is -0.142. The lowest BCUT2D eigenvalue weighted by Crippen LogP contribution is -2.51. The van der Waals surface area contributed by atoms with E-state index >= 15 is 0 Å². The molecule has 2 unspecified atom stereocenters. The molecule has 7 nitrogen and oxygen atoms in total. The van der Waals surface area contributed by atoms with Crippen LogP contribution in [0.3, 0.4) is 0 Å². The van der Waals surface area contributed by atoms with E-state index in [-0.39, 0.29) is 17.6 Å². The van der Waals surface area contributed by atoms with Crippen molar-refractivity contribution in [2.75, 3.05) is 13.1 Å². The van der Waals surface area contributed by atoms with Crippen LogP contribution in [0.4, 0.5) is 8.78 Å². The summed E-state index contributed by atoms with van der Waals surface area (Å²) in [7, 11) is 0. The maximum atomic E-state index is 13.8. The lowest BCUT2D eigenvalue weighted by Gasteiger charge is -2.37. The molecule has 0 N–H and O–H groups in total. The Bertz CT molecular complexity index is 1250. The topological polar surface area (TPSA) is 75.9 Å². The highest BCUT2D eigenvalue weighted by Crippen LogP contribution is 2.47. The van der Waals surface area contributed by atoms with Gasteiger partial charge in [-0.05, 0) is 42.7 Å². The number of ether oxygens (including phenoxy) is 1. The van der Waals surface area contributed by atoms with E-state index in [9.17, 15) is 18.4 Å². The Balaban J connectivity index is 1.20. The monoisotopic (exact) mass is 453 g/mol. The van der Waals surface area contributed by atoms with E-state index in [0.717, 1.165) is 6.07 Å². The van der Waals surface area contributed by atoms with Gasteiger partial charge in [0.1, 0.15) is 23.4 Å². The van der Waals surface area contributed by atoms with Crippen LogP contribution in [0.15, 0.2) is 47.0 Å². The Hall–Kier alpha value is -3.33. The fourth-order valence-corrected chi connectivity index (χ4v) is 5.40. The van der Waals surface area contributed by atoms with E-state index in [4.69, 9.17) is 9.26 Å². The molecule has 0 aliphatic carbocycles. The first kappa shape index (κ1) is 20.3. The van der Waals surface area contributed by atoms with Crippen LogP contribution in [-0.4, -0.2) is 51.7 Å². The quantitative estimate of drug-likeness (QED) is 0.590. The third kappa shape index (κ3) is 3.13. The summed E-state index contributed by atoms with van der Waals surface area (Å²) in [6, 6.07) is 10.2. The van der Waals surface area contributed by atoms with Crippen molar-refractivity contribution in [2.45, 2.75) is 43.6 Å². The minimum Gasteiger partial charge on any atom is -0.350 e. The maximum Gasteiger partial charge on any atom is 0.293 e. The van der Waals surface area contributed by atoms with Gasteiger partial charge in [0.15, 0.2) is 5.60 Å². The average molecular weight is 453 g/mol. The molecule has 1 spiro atoms. The SMILES string of the molecule is O=C(c1onc2ccccc12)N1CCC2(CC1)OC1CCC(c3cc(F)cc(F)c3)N1C2=O. The number of fused-ring (bicyclic) bond motifs is 2. The molecule has 6 rings (SSSR count). The largest absolute Gasteiger partial charge is 0.350 e. The number of hydrogen-bond donors (Lipinski definition) is 0. The van der Waals surface area contributed by atoms with Crippen LogP contribution >= 0.6 is 0 Å². The van der Waals surface area contributed by atoms with Crippen LogP contribution in [0, 0.1) is 11.6 Å². The number of likely N-dealkylation sites (tertiary alicyclic amines) is 1. The minimum absolute atomic E-state index is 0.170. The van der Waals surface area contributed by atoms with Gasteiger partial charge in [-0.3, -0.25) is 9.59 Å². The van der Waals surface area contributed by atoms with Gasteiger partial charge in [0.2, 0.25) is 5.76 Å². The Morgan fingerprint density at radius 2 is 1.79 bits per heavy atom. The molecule has 33 heavy (non-hydrogen) atoms. The molecule has 1 aromatic heterocycles. The van der Waals surface area contributed by atoms with Crippen LogP contribution in [-0.2, 0) is 9.53 Å². The zero-order chi connectivity index (χ0) is 22.7. The van der Waals surface area contributed by atoms with Gasteiger partial charge >= 0.3 is 0 Å². The molecule has 2 aromatic carbocycles. The second-order valence-corrected chi connectivity index (χ2v) is 8.90. The van der Waals surface area contributed by atoms with E-state index in [0.29, 0.717) is 55.2 Å². The van der Waals surface area contributed by atoms with Crippen LogP contribution in [0.2, 0.25) is 0 Å². The molecule has 3 saturated heterocycles. The first-order chi connectivity index (χ1) is 15.9. The van der Waals surface area contributed by atoms with Gasteiger partial charge in [-0.2, -0.15) is 0 Å². The molecular weight excluding hydrogens is 432 g/mol. The third-order valence-electron chi connectivity index (χ3n) is 7.03. The number of benzene rings is 2. The van der Waals surface area contributed by atoms with Crippen molar-refractivity contribution < 1.29 is 27.6 Å². The summed E-state index contributed by atoms with van der Waals surface area (Å²) < 4.78 is 39.1. The van der Waals surface area contributed by atoms with E-state index in [1.54, 1.807) is 21.9 Å². The van der Waals surface area contributed by atoms with Crippen molar-refractivity contribution in [3.63, 3.8) is 0 Å². The number of nitrogens with zero attached hydrogens (tertiary/aromatic N) is 3. The Morgan fingerprint density at radius 3 is 2.55 bits per heavy atom. The van der Waals surface area contributed by atoms with Crippen molar-refractivity contribution >= 4 is 22.7 Å². The smallest absolute Gasteiger partial charge is 0.293 e. The molecule has 3 aliphatic heterocycles. The number of piperidine rings is 1. The normalized spacial score (nSPS) is 24.1. The molecule has 0 saturated carbocycles. The summed E-state index contributed by atoms with van der Waals surface area (Å²) in [6.07, 6.45) is 1.46. The molecule has 0 radical (unpaired) electrons. The van der Waals surface area contributed by atoms with Crippen molar-refractivity contribution in [2.24, 2.45) is 0 Å². The molecular formula is C24H21F2N3O4. The lowest BCUT2D eigenvalue weighted by atomic mass is 9.89. The highest BCUT2D eigenvalue weighted by Gasteiger charge is 2.58. The third-order valence-corrected chi connectivity index (χ3v) is 7.03. The van der Waals surface area contributed by atoms with Gasteiger partial charge in [0.05, 0.1) is 11.4 Å². The standard InChI is InChI=1S/C24H21F2N3O4/c25-15-11-14(12-16(26)13-15)19-5-6-20-29(19)23(31)24(32-20)7-9-28(10-8-24)22(30)21-17-3-1-2-4-18(17)27-33-21/h1-4,11-13,19-20H,5-10H2. The van der Waals surface area contributed by atoms with Gasteiger partial charge in [0.25, 0.3) is 11.8 Å². The highest BCUT2D eigenvalue weighted by atomic mass is 19.1. The Labute approximate surface area is 187 Å². The van der Waals surface area contributed by atoms with Gasteiger partial charge in [-0.15, -0.1) is 0 Å². The summed E-state index contributed by atoms with van der Waals surface area (Å²) >= 11 is 0. The fourth-order valence-electron chi connectivity index (χ4n) is 5.40. The van der Waals surface area contributed by atoms with E-state index in [2.05, 4.69) is 5.16 Å². The number of carbonyl (C=O) groups excluding carboxylic acids is 2. The average Bonchev–Trinajstić information content (AvgIpc) is 3.48. The number of carbonyl (C=O) groups is 2. The number of halogens is 2. The summed E-state index contributed by atoms with van der Waals surface area (Å²) in [5.74, 6) is -1.58. The first-order valence-electron chi connectivity index (χ1n) is 11.1. The Morgan fingerprint density at radius 1 is 1.06 bits per heavy atom. The molecule has 4 heterocycles. The number of amides is 2. The maximum absolute atomic E-state index is 13.8. The van der Waals surface area contributed by atoms with Gasteiger partial charge in [-0.1, -0.05) is 17.3 Å². The molecule has 9 heteroatoms. The van der Waals surface area contributed by atoms with Gasteiger partial charge in [0, 0.05) is 32.0 Å². The van der Waals surface area contributed by atoms with E-state index in [1.807, 2.05) is 12.1 Å². The van der Waals surface area contributed by atoms with Gasteiger partial charge < -0.3 is 19.1 Å². The predicted octanol–water partition coefficient (Wildman–Crippen LogP) is 3.80. The molecule has 2 amide bonds. The summed E-state index contributed by atoms with van der Waals surface area (Å²) in [5.41, 5.74) is 0.0352. The molecule has 2 atom stereocenters. The zero-order valence-electron chi connectivity index (χ0n) is 17.7. The molecule has 0 bridgehead atoms. The Kier molecular flexibility index (Phi) is 4.52. The predicted molar refractivity (Wildman–Crippen MR) is 112 cm³/mol. The second kappa shape index (κ2) is 7.34. The van der Waals surface area contributed by atoms with Crippen molar-refractivity contribution in [3.05, 3.63) is 65.4 Å². The first-order valence-corrected chi connectivity index (χ1v) is 11.1. The van der Waals surface area contributed by atoms with Crippen molar-refractivity contribution in [1.29, 1.82) is 0 Å². The van der Waals surface area contributed by atoms with Crippen LogP contribution in [0.5, 0.6) is 0 Å². The van der Waals surface area contributed by atoms with Crippen molar-refractivity contribution in [1.82, 2.24) is 15.0 Å². The highest BCUT2D eigenvalue weighted by molar-refractivity contribution is 6.03. The number of aromatic nitrogens is 1.